The van der Waals surface area contributed by atoms with E-state index < -0.39 is 0 Å². The standard InChI is InChI=1S/C15H14Cl2N4/c1-9-14(17)13(21(2)20-9)8-19-12-6-5-11(16)10-4-3-7-18-15(10)12/h3-7,19H,8H2,1-2H3. The molecular formula is C15H14Cl2N4. The summed E-state index contributed by atoms with van der Waals surface area (Å²) < 4.78 is 1.79. The Morgan fingerprint density at radius 1 is 1.24 bits per heavy atom. The van der Waals surface area contributed by atoms with Crippen LogP contribution in [-0.4, -0.2) is 14.8 Å². The number of nitrogens with one attached hydrogen (secondary N) is 1. The number of aromatic nitrogens is 3. The minimum atomic E-state index is 0.573. The average Bonchev–Trinajstić information content (AvgIpc) is 2.72. The third-order valence-electron chi connectivity index (χ3n) is 3.42. The van der Waals surface area contributed by atoms with Gasteiger partial charge in [-0.3, -0.25) is 9.67 Å². The van der Waals surface area contributed by atoms with Gasteiger partial charge in [-0.25, -0.2) is 0 Å². The highest BCUT2D eigenvalue weighted by Gasteiger charge is 2.12. The second kappa shape index (κ2) is 5.54. The maximum Gasteiger partial charge on any atom is 0.0948 e. The van der Waals surface area contributed by atoms with Crippen LogP contribution in [0.15, 0.2) is 30.5 Å². The Hall–Kier alpha value is -1.78. The number of nitrogens with zero attached hydrogens (tertiary/aromatic N) is 3. The number of rotatable bonds is 3. The second-order valence-corrected chi connectivity index (χ2v) is 5.60. The number of hydrogen-bond acceptors (Lipinski definition) is 3. The van der Waals surface area contributed by atoms with Gasteiger partial charge in [-0.05, 0) is 31.2 Å². The first-order valence-electron chi connectivity index (χ1n) is 6.53. The number of aryl methyl sites for hydroxylation is 2. The van der Waals surface area contributed by atoms with Crippen molar-refractivity contribution in [3.63, 3.8) is 0 Å². The first-order valence-corrected chi connectivity index (χ1v) is 7.28. The SMILES string of the molecule is Cc1nn(C)c(CNc2ccc(Cl)c3cccnc23)c1Cl. The predicted molar refractivity (Wildman–Crippen MR) is 87.0 cm³/mol. The van der Waals surface area contributed by atoms with Crippen LogP contribution >= 0.6 is 23.2 Å². The largest absolute Gasteiger partial charge is 0.378 e. The number of hydrogen-bond donors (Lipinski definition) is 1. The lowest BCUT2D eigenvalue weighted by Gasteiger charge is -2.10. The molecule has 3 rings (SSSR count). The zero-order valence-electron chi connectivity index (χ0n) is 11.7. The summed E-state index contributed by atoms with van der Waals surface area (Å²) in [6, 6.07) is 7.62. The van der Waals surface area contributed by atoms with Gasteiger partial charge in [0.15, 0.2) is 0 Å². The summed E-state index contributed by atoms with van der Waals surface area (Å²) in [5.74, 6) is 0. The quantitative estimate of drug-likeness (QED) is 0.786. The lowest BCUT2D eigenvalue weighted by molar-refractivity contribution is 0.713. The fourth-order valence-electron chi connectivity index (χ4n) is 2.33. The topological polar surface area (TPSA) is 42.7 Å². The second-order valence-electron chi connectivity index (χ2n) is 4.82. The van der Waals surface area contributed by atoms with Gasteiger partial charge in [0.25, 0.3) is 0 Å². The Kier molecular flexibility index (Phi) is 3.74. The van der Waals surface area contributed by atoms with E-state index in [0.29, 0.717) is 16.6 Å². The van der Waals surface area contributed by atoms with E-state index in [1.165, 1.54) is 0 Å². The van der Waals surface area contributed by atoms with Crippen molar-refractivity contribution >= 4 is 39.8 Å². The maximum absolute atomic E-state index is 6.26. The Labute approximate surface area is 132 Å². The molecule has 0 bridgehead atoms. The minimum Gasteiger partial charge on any atom is -0.378 e. The molecule has 1 N–H and O–H groups in total. The smallest absolute Gasteiger partial charge is 0.0948 e. The van der Waals surface area contributed by atoms with Crippen molar-refractivity contribution in [2.24, 2.45) is 7.05 Å². The molecule has 0 amide bonds. The highest BCUT2D eigenvalue weighted by molar-refractivity contribution is 6.35. The maximum atomic E-state index is 6.26. The molecule has 4 nitrogen and oxygen atoms in total. The Morgan fingerprint density at radius 2 is 2.05 bits per heavy atom. The normalized spacial score (nSPS) is 11.0. The first-order chi connectivity index (χ1) is 10.1. The third kappa shape index (κ3) is 2.57. The molecule has 108 valence electrons. The molecule has 0 radical (unpaired) electrons. The van der Waals surface area contributed by atoms with Crippen molar-refractivity contribution in [1.82, 2.24) is 14.8 Å². The molecule has 0 atom stereocenters. The van der Waals surface area contributed by atoms with Crippen molar-refractivity contribution in [2.75, 3.05) is 5.32 Å². The fourth-order valence-corrected chi connectivity index (χ4v) is 2.77. The molecule has 3 aromatic rings. The van der Waals surface area contributed by atoms with E-state index in [4.69, 9.17) is 23.2 Å². The highest BCUT2D eigenvalue weighted by Crippen LogP contribution is 2.29. The number of anilines is 1. The van der Waals surface area contributed by atoms with Crippen molar-refractivity contribution in [2.45, 2.75) is 13.5 Å². The fraction of sp³-hybridized carbons (Fsp3) is 0.200. The van der Waals surface area contributed by atoms with E-state index in [-0.39, 0.29) is 0 Å². The molecule has 0 aliphatic carbocycles. The van der Waals surface area contributed by atoms with Crippen LogP contribution in [-0.2, 0) is 13.6 Å². The molecular weight excluding hydrogens is 307 g/mol. The molecule has 0 spiro atoms. The molecule has 0 aliphatic heterocycles. The molecule has 0 saturated carbocycles. The molecule has 0 fully saturated rings. The van der Waals surface area contributed by atoms with Gasteiger partial charge >= 0.3 is 0 Å². The molecule has 2 aromatic heterocycles. The molecule has 0 saturated heterocycles. The highest BCUT2D eigenvalue weighted by atomic mass is 35.5. The van der Waals surface area contributed by atoms with Crippen molar-refractivity contribution < 1.29 is 0 Å². The molecule has 1 aromatic carbocycles. The van der Waals surface area contributed by atoms with Crippen LogP contribution in [0.25, 0.3) is 10.9 Å². The Bertz CT molecular complexity index is 811. The van der Waals surface area contributed by atoms with Crippen LogP contribution in [0.5, 0.6) is 0 Å². The van der Waals surface area contributed by atoms with Crippen molar-refractivity contribution in [3.05, 3.63) is 51.9 Å². The van der Waals surface area contributed by atoms with E-state index >= 15 is 0 Å². The van der Waals surface area contributed by atoms with Gasteiger partial charge in [0.05, 0.1) is 39.2 Å². The summed E-state index contributed by atoms with van der Waals surface area (Å²) in [5.41, 5.74) is 3.54. The van der Waals surface area contributed by atoms with Crippen LogP contribution in [0.2, 0.25) is 10.0 Å². The predicted octanol–water partition coefficient (Wildman–Crippen LogP) is 4.20. The average molecular weight is 321 g/mol. The van der Waals surface area contributed by atoms with E-state index in [9.17, 15) is 0 Å². The van der Waals surface area contributed by atoms with Crippen LogP contribution < -0.4 is 5.32 Å². The Balaban J connectivity index is 1.94. The summed E-state index contributed by atoms with van der Waals surface area (Å²) in [6.07, 6.45) is 1.76. The van der Waals surface area contributed by atoms with Crippen LogP contribution in [0, 0.1) is 6.92 Å². The summed E-state index contributed by atoms with van der Waals surface area (Å²) >= 11 is 12.5. The lowest BCUT2D eigenvalue weighted by atomic mass is 10.2. The number of pyridine rings is 1. The first kappa shape index (κ1) is 14.2. The number of benzene rings is 1. The van der Waals surface area contributed by atoms with Crippen LogP contribution in [0.4, 0.5) is 5.69 Å². The molecule has 0 unspecified atom stereocenters. The van der Waals surface area contributed by atoms with Crippen LogP contribution in [0.1, 0.15) is 11.4 Å². The van der Waals surface area contributed by atoms with E-state index in [2.05, 4.69) is 15.4 Å². The van der Waals surface area contributed by atoms with E-state index in [1.54, 1.807) is 10.9 Å². The van der Waals surface area contributed by atoms with Gasteiger partial charge in [-0.2, -0.15) is 5.10 Å². The van der Waals surface area contributed by atoms with E-state index in [0.717, 1.165) is 28.0 Å². The van der Waals surface area contributed by atoms with Gasteiger partial charge < -0.3 is 5.32 Å². The molecule has 6 heteroatoms. The molecule has 2 heterocycles. The summed E-state index contributed by atoms with van der Waals surface area (Å²) in [6.45, 7) is 2.47. The van der Waals surface area contributed by atoms with Crippen LogP contribution in [0.3, 0.4) is 0 Å². The minimum absolute atomic E-state index is 0.573. The molecule has 0 aliphatic rings. The van der Waals surface area contributed by atoms with Gasteiger partial charge in [-0.15, -0.1) is 0 Å². The van der Waals surface area contributed by atoms with Gasteiger partial charge in [0.1, 0.15) is 0 Å². The number of halogens is 2. The third-order valence-corrected chi connectivity index (χ3v) is 4.25. The Morgan fingerprint density at radius 3 is 2.76 bits per heavy atom. The van der Waals surface area contributed by atoms with Gasteiger partial charge in [0.2, 0.25) is 0 Å². The van der Waals surface area contributed by atoms with Gasteiger partial charge in [0, 0.05) is 18.6 Å². The summed E-state index contributed by atoms with van der Waals surface area (Å²) in [4.78, 5) is 4.40. The summed E-state index contributed by atoms with van der Waals surface area (Å²) in [5, 5.41) is 9.98. The van der Waals surface area contributed by atoms with Gasteiger partial charge in [-0.1, -0.05) is 23.2 Å². The number of fused-ring (bicyclic) bond motifs is 1. The summed E-state index contributed by atoms with van der Waals surface area (Å²) in [7, 11) is 1.88. The zero-order chi connectivity index (χ0) is 15.0. The van der Waals surface area contributed by atoms with Crippen molar-refractivity contribution in [3.8, 4) is 0 Å². The van der Waals surface area contributed by atoms with Crippen molar-refractivity contribution in [1.29, 1.82) is 0 Å². The zero-order valence-corrected chi connectivity index (χ0v) is 13.2. The lowest BCUT2D eigenvalue weighted by Crippen LogP contribution is -2.06. The molecule has 21 heavy (non-hydrogen) atoms. The monoisotopic (exact) mass is 320 g/mol. The van der Waals surface area contributed by atoms with E-state index in [1.807, 2.05) is 38.2 Å².